The average molecular weight is 293 g/mol. The summed E-state index contributed by atoms with van der Waals surface area (Å²) in [7, 11) is 0. The van der Waals surface area contributed by atoms with Crippen molar-refractivity contribution in [3.8, 4) is 5.75 Å². The Balaban J connectivity index is 1.72. The molecule has 4 nitrogen and oxygen atoms in total. The highest BCUT2D eigenvalue weighted by Gasteiger charge is 2.25. The number of para-hydroxylation sites is 2. The molecule has 2 rings (SSSR count). The Hall–Kier alpha value is -1.26. The minimum Gasteiger partial charge on any atom is -0.489 e. The summed E-state index contributed by atoms with van der Waals surface area (Å²) in [6, 6.07) is 7.31. The fourth-order valence-electron chi connectivity index (χ4n) is 2.94. The summed E-state index contributed by atoms with van der Waals surface area (Å²) in [6.07, 6.45) is 5.71. The van der Waals surface area contributed by atoms with Gasteiger partial charge in [-0.2, -0.15) is 0 Å². The van der Waals surface area contributed by atoms with Crippen LogP contribution in [0.3, 0.4) is 0 Å². The fraction of sp³-hybridized carbons (Fsp3) is 0.647. The third-order valence-corrected chi connectivity index (χ3v) is 4.22. The van der Waals surface area contributed by atoms with Gasteiger partial charge in [0, 0.05) is 0 Å². The Morgan fingerprint density at radius 1 is 1.24 bits per heavy atom. The van der Waals surface area contributed by atoms with E-state index in [-0.39, 0.29) is 6.61 Å². The van der Waals surface area contributed by atoms with Crippen LogP contribution in [-0.4, -0.2) is 30.5 Å². The fourth-order valence-corrected chi connectivity index (χ4v) is 2.94. The molecule has 3 N–H and O–H groups in total. The van der Waals surface area contributed by atoms with Crippen molar-refractivity contribution in [2.24, 2.45) is 5.92 Å². The third-order valence-electron chi connectivity index (χ3n) is 4.22. The zero-order valence-corrected chi connectivity index (χ0v) is 12.8. The van der Waals surface area contributed by atoms with Crippen molar-refractivity contribution in [1.82, 2.24) is 0 Å². The molecule has 0 aromatic heterocycles. The Morgan fingerprint density at radius 3 is 2.76 bits per heavy atom. The Bertz CT molecular complexity index is 424. The number of hydrogen-bond acceptors (Lipinski definition) is 4. The first-order valence-electron chi connectivity index (χ1n) is 7.97. The van der Waals surface area contributed by atoms with Gasteiger partial charge in [-0.3, -0.25) is 0 Å². The highest BCUT2D eigenvalue weighted by atomic mass is 16.5. The summed E-state index contributed by atoms with van der Waals surface area (Å²) in [4.78, 5) is 0. The first kappa shape index (κ1) is 16.1. The Labute approximate surface area is 127 Å². The van der Waals surface area contributed by atoms with Crippen LogP contribution in [0.25, 0.3) is 0 Å². The van der Waals surface area contributed by atoms with Crippen molar-refractivity contribution < 1.29 is 14.6 Å². The smallest absolute Gasteiger partial charge is 0.142 e. The van der Waals surface area contributed by atoms with Gasteiger partial charge in [0.25, 0.3) is 0 Å². The van der Waals surface area contributed by atoms with Crippen molar-refractivity contribution >= 4 is 5.69 Å². The van der Waals surface area contributed by atoms with Crippen LogP contribution in [-0.2, 0) is 4.74 Å². The van der Waals surface area contributed by atoms with Gasteiger partial charge in [0.2, 0.25) is 0 Å². The topological polar surface area (TPSA) is 64.7 Å². The molecule has 0 saturated heterocycles. The maximum absolute atomic E-state index is 10.0. The van der Waals surface area contributed by atoms with Crippen LogP contribution in [0.15, 0.2) is 24.3 Å². The monoisotopic (exact) mass is 293 g/mol. The van der Waals surface area contributed by atoms with E-state index in [1.54, 1.807) is 12.1 Å². The van der Waals surface area contributed by atoms with E-state index in [0.717, 1.165) is 12.8 Å². The molecule has 0 heterocycles. The number of aliphatic hydroxyl groups is 1. The number of hydrogen-bond donors (Lipinski definition) is 2. The van der Waals surface area contributed by atoms with Crippen molar-refractivity contribution in [2.75, 3.05) is 18.9 Å². The summed E-state index contributed by atoms with van der Waals surface area (Å²) in [6.45, 7) is 2.75. The lowest BCUT2D eigenvalue weighted by molar-refractivity contribution is -0.0594. The minimum atomic E-state index is -0.621. The first-order chi connectivity index (χ1) is 10.2. The lowest BCUT2D eigenvalue weighted by Gasteiger charge is -2.31. The summed E-state index contributed by atoms with van der Waals surface area (Å²) in [5.74, 6) is 1.25. The van der Waals surface area contributed by atoms with Gasteiger partial charge in [0.1, 0.15) is 18.5 Å². The molecule has 21 heavy (non-hydrogen) atoms. The Morgan fingerprint density at radius 2 is 2.00 bits per heavy atom. The van der Waals surface area contributed by atoms with Crippen LogP contribution in [0, 0.1) is 5.92 Å². The number of benzene rings is 1. The number of nitrogen functional groups attached to an aromatic ring is 1. The average Bonchev–Trinajstić information content (AvgIpc) is 2.52. The Kier molecular flexibility index (Phi) is 6.33. The quantitative estimate of drug-likeness (QED) is 0.759. The van der Waals surface area contributed by atoms with Gasteiger partial charge in [0.15, 0.2) is 0 Å². The summed E-state index contributed by atoms with van der Waals surface area (Å²) < 4.78 is 11.4. The van der Waals surface area contributed by atoms with E-state index in [0.29, 0.717) is 30.1 Å². The molecule has 1 aliphatic carbocycles. The molecule has 4 heteroatoms. The van der Waals surface area contributed by atoms with Gasteiger partial charge in [0.05, 0.1) is 18.4 Å². The zero-order valence-electron chi connectivity index (χ0n) is 12.8. The van der Waals surface area contributed by atoms with Crippen molar-refractivity contribution in [1.29, 1.82) is 0 Å². The van der Waals surface area contributed by atoms with Crippen LogP contribution >= 0.6 is 0 Å². The van der Waals surface area contributed by atoms with Gasteiger partial charge in [-0.1, -0.05) is 38.3 Å². The van der Waals surface area contributed by atoms with E-state index < -0.39 is 6.10 Å². The highest BCUT2D eigenvalue weighted by molar-refractivity contribution is 5.51. The van der Waals surface area contributed by atoms with E-state index in [9.17, 15) is 5.11 Å². The predicted molar refractivity (Wildman–Crippen MR) is 84.3 cm³/mol. The third kappa shape index (κ3) is 4.90. The van der Waals surface area contributed by atoms with E-state index in [1.807, 2.05) is 12.1 Å². The second-order valence-corrected chi connectivity index (χ2v) is 5.83. The van der Waals surface area contributed by atoms with Gasteiger partial charge in [-0.25, -0.2) is 0 Å². The standard InChI is InChI=1S/C17H27NO3/c1-2-13-7-3-5-9-16(13)20-11-14(19)12-21-17-10-6-4-8-15(17)18/h4,6,8,10,13-14,16,19H,2-3,5,7,9,11-12,18H2,1H3. The molecule has 118 valence electrons. The second kappa shape index (κ2) is 8.25. The number of ether oxygens (including phenoxy) is 2. The number of aliphatic hydroxyl groups excluding tert-OH is 1. The maximum atomic E-state index is 10.0. The molecule has 0 spiro atoms. The number of anilines is 1. The van der Waals surface area contributed by atoms with Gasteiger partial charge in [-0.15, -0.1) is 0 Å². The largest absolute Gasteiger partial charge is 0.489 e. The van der Waals surface area contributed by atoms with Crippen LogP contribution in [0.4, 0.5) is 5.69 Å². The first-order valence-corrected chi connectivity index (χ1v) is 7.97. The van der Waals surface area contributed by atoms with E-state index in [2.05, 4.69) is 6.92 Å². The maximum Gasteiger partial charge on any atom is 0.142 e. The molecule has 1 fully saturated rings. The molecule has 0 bridgehead atoms. The van der Waals surface area contributed by atoms with Gasteiger partial charge in [-0.05, 0) is 30.9 Å². The van der Waals surface area contributed by atoms with Crippen molar-refractivity contribution in [3.05, 3.63) is 24.3 Å². The molecule has 0 radical (unpaired) electrons. The molecule has 3 atom stereocenters. The molecular formula is C17H27NO3. The summed E-state index contributed by atoms with van der Waals surface area (Å²) in [5.41, 5.74) is 6.38. The van der Waals surface area contributed by atoms with Crippen LogP contribution in [0.5, 0.6) is 5.75 Å². The molecule has 1 aromatic carbocycles. The highest BCUT2D eigenvalue weighted by Crippen LogP contribution is 2.29. The minimum absolute atomic E-state index is 0.206. The van der Waals surface area contributed by atoms with E-state index in [4.69, 9.17) is 15.2 Å². The lowest BCUT2D eigenvalue weighted by Crippen LogP contribution is -2.32. The van der Waals surface area contributed by atoms with Crippen LogP contribution in [0.1, 0.15) is 39.0 Å². The molecule has 1 aromatic rings. The molecule has 1 saturated carbocycles. The van der Waals surface area contributed by atoms with Crippen molar-refractivity contribution in [3.63, 3.8) is 0 Å². The zero-order chi connectivity index (χ0) is 15.1. The predicted octanol–water partition coefficient (Wildman–Crippen LogP) is 2.99. The summed E-state index contributed by atoms with van der Waals surface area (Å²) in [5, 5.41) is 10.0. The molecule has 3 unspecified atom stereocenters. The SMILES string of the molecule is CCC1CCCCC1OCC(O)COc1ccccc1N. The number of rotatable bonds is 7. The van der Waals surface area contributed by atoms with Crippen molar-refractivity contribution in [2.45, 2.75) is 51.2 Å². The normalized spacial score (nSPS) is 23.7. The second-order valence-electron chi connectivity index (χ2n) is 5.83. The molecular weight excluding hydrogens is 266 g/mol. The van der Waals surface area contributed by atoms with E-state index in [1.165, 1.54) is 19.3 Å². The summed E-state index contributed by atoms with van der Waals surface area (Å²) >= 11 is 0. The van der Waals surface area contributed by atoms with Crippen LogP contribution < -0.4 is 10.5 Å². The molecule has 1 aliphatic rings. The lowest BCUT2D eigenvalue weighted by atomic mass is 9.85. The van der Waals surface area contributed by atoms with Crippen LogP contribution in [0.2, 0.25) is 0 Å². The van der Waals surface area contributed by atoms with Gasteiger partial charge >= 0.3 is 0 Å². The molecule has 0 aliphatic heterocycles. The number of nitrogens with two attached hydrogens (primary N) is 1. The molecule has 0 amide bonds. The van der Waals surface area contributed by atoms with Gasteiger partial charge < -0.3 is 20.3 Å². The van der Waals surface area contributed by atoms with E-state index >= 15 is 0 Å².